The Kier molecular flexibility index (Phi) is 5.99. The highest BCUT2D eigenvalue weighted by atomic mass is 35.5. The molecule has 9 heteroatoms. The SMILES string of the molecule is CCN(C)c1cc(NC)c([N+](=O)[O-])cc1C(=O)Nc1ccc(F)c(Cl)c1. The molecule has 2 aromatic carbocycles. The Balaban J connectivity index is 2.50. The molecule has 138 valence electrons. The highest BCUT2D eigenvalue weighted by molar-refractivity contribution is 6.31. The zero-order chi connectivity index (χ0) is 19.4. The van der Waals surface area contributed by atoms with Crippen LogP contribution < -0.4 is 15.5 Å². The van der Waals surface area contributed by atoms with Gasteiger partial charge >= 0.3 is 0 Å². The third-order valence-electron chi connectivity index (χ3n) is 3.89. The predicted octanol–water partition coefficient (Wildman–Crippen LogP) is 4.14. The first-order valence-corrected chi connectivity index (χ1v) is 8.14. The highest BCUT2D eigenvalue weighted by Gasteiger charge is 2.23. The molecule has 0 spiro atoms. The fourth-order valence-corrected chi connectivity index (χ4v) is 2.55. The van der Waals surface area contributed by atoms with Crippen LogP contribution in [-0.2, 0) is 0 Å². The van der Waals surface area contributed by atoms with E-state index in [2.05, 4.69) is 10.6 Å². The standard InChI is InChI=1S/C17H18ClFN4O3/c1-4-22(3)15-9-14(20-2)16(23(25)26)8-11(15)17(24)21-10-5-6-13(19)12(18)7-10/h5-9,20H,4H2,1-3H3,(H,21,24). The number of nitrogens with zero attached hydrogens (tertiary/aromatic N) is 2. The molecule has 0 bridgehead atoms. The van der Waals surface area contributed by atoms with Crippen LogP contribution in [0.2, 0.25) is 5.02 Å². The largest absolute Gasteiger partial charge is 0.383 e. The van der Waals surface area contributed by atoms with Crippen molar-refractivity contribution in [3.63, 3.8) is 0 Å². The summed E-state index contributed by atoms with van der Waals surface area (Å²) in [5.41, 5.74) is 1.01. The Hall–Kier alpha value is -2.87. The summed E-state index contributed by atoms with van der Waals surface area (Å²) in [7, 11) is 3.34. The van der Waals surface area contributed by atoms with Crippen LogP contribution in [0.3, 0.4) is 0 Å². The number of carbonyl (C=O) groups is 1. The van der Waals surface area contributed by atoms with Crippen molar-refractivity contribution in [3.8, 4) is 0 Å². The van der Waals surface area contributed by atoms with Crippen LogP contribution in [0.15, 0.2) is 30.3 Å². The minimum atomic E-state index is -0.606. The van der Waals surface area contributed by atoms with Crippen LogP contribution in [0.25, 0.3) is 0 Å². The van der Waals surface area contributed by atoms with Gasteiger partial charge in [0.1, 0.15) is 11.5 Å². The van der Waals surface area contributed by atoms with E-state index in [0.717, 1.165) is 6.07 Å². The molecule has 0 fully saturated rings. The van der Waals surface area contributed by atoms with Crippen LogP contribution >= 0.6 is 11.6 Å². The van der Waals surface area contributed by atoms with Crippen molar-refractivity contribution < 1.29 is 14.1 Å². The summed E-state index contributed by atoms with van der Waals surface area (Å²) in [5, 5.41) is 16.5. The maximum Gasteiger partial charge on any atom is 0.293 e. The first kappa shape index (κ1) is 19.5. The summed E-state index contributed by atoms with van der Waals surface area (Å²) in [5.74, 6) is -1.17. The Morgan fingerprint density at radius 3 is 2.58 bits per heavy atom. The summed E-state index contributed by atoms with van der Waals surface area (Å²) in [4.78, 5) is 25.2. The number of amides is 1. The van der Waals surface area contributed by atoms with E-state index in [9.17, 15) is 19.3 Å². The quantitative estimate of drug-likeness (QED) is 0.581. The molecular weight excluding hydrogens is 363 g/mol. The Labute approximate surface area is 154 Å². The number of benzene rings is 2. The lowest BCUT2D eigenvalue weighted by Crippen LogP contribution is -2.22. The van der Waals surface area contributed by atoms with Gasteiger partial charge in [0.25, 0.3) is 11.6 Å². The van der Waals surface area contributed by atoms with Crippen molar-refractivity contribution in [3.05, 3.63) is 56.8 Å². The number of halogens is 2. The maximum absolute atomic E-state index is 13.3. The predicted molar refractivity (Wildman–Crippen MR) is 101 cm³/mol. The van der Waals surface area contributed by atoms with Crippen LogP contribution in [0.1, 0.15) is 17.3 Å². The van der Waals surface area contributed by atoms with Gasteiger partial charge in [0, 0.05) is 32.4 Å². The van der Waals surface area contributed by atoms with Crippen LogP contribution in [0, 0.1) is 15.9 Å². The second-order valence-electron chi connectivity index (χ2n) is 5.49. The van der Waals surface area contributed by atoms with Crippen LogP contribution in [0.4, 0.5) is 27.1 Å². The van der Waals surface area contributed by atoms with Gasteiger partial charge in [-0.05, 0) is 31.2 Å². The monoisotopic (exact) mass is 380 g/mol. The van der Waals surface area contributed by atoms with Crippen molar-refractivity contribution in [2.75, 3.05) is 36.2 Å². The lowest BCUT2D eigenvalue weighted by Gasteiger charge is -2.21. The molecule has 0 radical (unpaired) electrons. The zero-order valence-electron chi connectivity index (χ0n) is 14.5. The Morgan fingerprint density at radius 2 is 2.04 bits per heavy atom. The van der Waals surface area contributed by atoms with E-state index in [1.807, 2.05) is 6.92 Å². The minimum Gasteiger partial charge on any atom is -0.383 e. The lowest BCUT2D eigenvalue weighted by molar-refractivity contribution is -0.383. The van der Waals surface area contributed by atoms with E-state index in [1.165, 1.54) is 18.2 Å². The molecule has 0 heterocycles. The number of nitro groups is 1. The summed E-state index contributed by atoms with van der Waals surface area (Å²) in [6.45, 7) is 2.48. The van der Waals surface area contributed by atoms with E-state index >= 15 is 0 Å². The third-order valence-corrected chi connectivity index (χ3v) is 4.18. The molecule has 2 rings (SSSR count). The van der Waals surface area contributed by atoms with Gasteiger partial charge in [0.05, 0.1) is 21.2 Å². The first-order valence-electron chi connectivity index (χ1n) is 7.76. The molecule has 0 saturated carbocycles. The molecule has 0 aromatic heterocycles. The molecule has 0 aliphatic carbocycles. The molecule has 7 nitrogen and oxygen atoms in total. The third kappa shape index (κ3) is 4.02. The minimum absolute atomic E-state index is 0.125. The first-order chi connectivity index (χ1) is 12.3. The molecular formula is C17H18ClFN4O3. The average Bonchev–Trinajstić information content (AvgIpc) is 2.62. The van der Waals surface area contributed by atoms with Crippen LogP contribution in [-0.4, -0.2) is 31.5 Å². The average molecular weight is 381 g/mol. The van der Waals surface area contributed by atoms with Gasteiger partial charge in [-0.25, -0.2) is 4.39 Å². The van der Waals surface area contributed by atoms with Gasteiger partial charge in [-0.3, -0.25) is 14.9 Å². The molecule has 26 heavy (non-hydrogen) atoms. The van der Waals surface area contributed by atoms with Gasteiger partial charge in [-0.2, -0.15) is 0 Å². The number of anilines is 3. The number of hydrogen-bond donors (Lipinski definition) is 2. The van der Waals surface area contributed by atoms with Crippen molar-refractivity contribution >= 4 is 40.3 Å². The highest BCUT2D eigenvalue weighted by Crippen LogP contribution is 2.33. The lowest BCUT2D eigenvalue weighted by atomic mass is 10.1. The van der Waals surface area contributed by atoms with Crippen molar-refractivity contribution in [1.82, 2.24) is 0 Å². The molecule has 0 unspecified atom stereocenters. The number of hydrogen-bond acceptors (Lipinski definition) is 5. The van der Waals surface area contributed by atoms with E-state index < -0.39 is 16.6 Å². The molecule has 0 saturated heterocycles. The van der Waals surface area contributed by atoms with E-state index in [1.54, 1.807) is 25.1 Å². The molecule has 2 aromatic rings. The molecule has 1 amide bonds. The van der Waals surface area contributed by atoms with Crippen molar-refractivity contribution in [2.45, 2.75) is 6.92 Å². The summed E-state index contributed by atoms with van der Waals surface area (Å²) in [6, 6.07) is 6.53. The van der Waals surface area contributed by atoms with Crippen molar-refractivity contribution in [2.24, 2.45) is 0 Å². The van der Waals surface area contributed by atoms with E-state index in [0.29, 0.717) is 17.9 Å². The second kappa shape index (κ2) is 8.01. The van der Waals surface area contributed by atoms with Gasteiger partial charge < -0.3 is 15.5 Å². The molecule has 2 N–H and O–H groups in total. The van der Waals surface area contributed by atoms with Gasteiger partial charge in [0.2, 0.25) is 0 Å². The number of nitrogens with one attached hydrogen (secondary N) is 2. The fraction of sp³-hybridized carbons (Fsp3) is 0.235. The maximum atomic E-state index is 13.3. The summed E-state index contributed by atoms with van der Waals surface area (Å²) < 4.78 is 13.3. The fourth-order valence-electron chi connectivity index (χ4n) is 2.37. The van der Waals surface area contributed by atoms with Crippen LogP contribution in [0.5, 0.6) is 0 Å². The topological polar surface area (TPSA) is 87.5 Å². The Bertz CT molecular complexity index is 860. The van der Waals surface area contributed by atoms with Gasteiger partial charge in [-0.1, -0.05) is 11.6 Å². The van der Waals surface area contributed by atoms with Crippen molar-refractivity contribution in [1.29, 1.82) is 0 Å². The van der Waals surface area contributed by atoms with Gasteiger partial charge in [0.15, 0.2) is 0 Å². The normalized spacial score (nSPS) is 10.3. The molecule has 0 atom stereocenters. The number of rotatable bonds is 6. The van der Waals surface area contributed by atoms with E-state index in [4.69, 9.17) is 11.6 Å². The summed E-state index contributed by atoms with van der Waals surface area (Å²) >= 11 is 5.72. The smallest absolute Gasteiger partial charge is 0.293 e. The summed E-state index contributed by atoms with van der Waals surface area (Å²) in [6.07, 6.45) is 0. The van der Waals surface area contributed by atoms with Gasteiger partial charge in [-0.15, -0.1) is 0 Å². The Morgan fingerprint density at radius 1 is 1.35 bits per heavy atom. The molecule has 0 aliphatic heterocycles. The second-order valence-corrected chi connectivity index (χ2v) is 5.90. The number of nitro benzene ring substituents is 1. The zero-order valence-corrected chi connectivity index (χ0v) is 15.2. The molecule has 0 aliphatic rings. The number of carbonyl (C=O) groups excluding carboxylic acids is 1. The van der Waals surface area contributed by atoms with E-state index in [-0.39, 0.29) is 22.0 Å².